The number of ether oxygens (including phenoxy) is 2. The first-order chi connectivity index (χ1) is 13.5. The number of amides is 1. The lowest BCUT2D eigenvalue weighted by Gasteiger charge is -2.56. The van der Waals surface area contributed by atoms with Crippen LogP contribution >= 0.6 is 0 Å². The van der Waals surface area contributed by atoms with Gasteiger partial charge in [-0.05, 0) is 67.8 Å². The number of rotatable bonds is 5. The van der Waals surface area contributed by atoms with Gasteiger partial charge < -0.3 is 9.47 Å². The minimum atomic E-state index is -0.499. The molecule has 0 unspecified atom stereocenters. The first-order valence-electron chi connectivity index (χ1n) is 9.90. The van der Waals surface area contributed by atoms with Crippen molar-refractivity contribution in [1.82, 2.24) is 5.43 Å². The maximum Gasteiger partial charge on any atom is 0.282 e. The highest BCUT2D eigenvalue weighted by Crippen LogP contribution is 2.61. The van der Waals surface area contributed by atoms with E-state index in [0.29, 0.717) is 17.9 Å². The van der Waals surface area contributed by atoms with Crippen molar-refractivity contribution in [3.63, 3.8) is 0 Å². The molecule has 0 atom stereocenters. The fourth-order valence-electron chi connectivity index (χ4n) is 6.27. The Morgan fingerprint density at radius 2 is 1.79 bits per heavy atom. The maximum atomic E-state index is 12.5. The molecule has 1 amide bonds. The van der Waals surface area contributed by atoms with Crippen LogP contribution in [0.25, 0.3) is 0 Å². The Morgan fingerprint density at radius 3 is 2.39 bits per heavy atom. The molecule has 8 heteroatoms. The van der Waals surface area contributed by atoms with Crippen LogP contribution < -0.4 is 14.9 Å². The summed E-state index contributed by atoms with van der Waals surface area (Å²) in [5.41, 5.74) is 2.85. The molecule has 1 aromatic carbocycles. The largest absolute Gasteiger partial charge is 0.454 e. The normalized spacial score (nSPS) is 32.1. The zero-order valence-corrected chi connectivity index (χ0v) is 15.6. The molecule has 4 fully saturated rings. The van der Waals surface area contributed by atoms with Crippen LogP contribution in [0.5, 0.6) is 11.5 Å². The number of benzene rings is 1. The Bertz CT molecular complexity index is 830. The number of nitro groups is 1. The lowest BCUT2D eigenvalue weighted by atomic mass is 9.49. The summed E-state index contributed by atoms with van der Waals surface area (Å²) in [6.07, 6.45) is 9.29. The highest BCUT2D eigenvalue weighted by Gasteiger charge is 2.51. The predicted molar refractivity (Wildman–Crippen MR) is 100 cm³/mol. The Morgan fingerprint density at radius 1 is 1.18 bits per heavy atom. The van der Waals surface area contributed by atoms with E-state index in [0.717, 1.165) is 37.0 Å². The van der Waals surface area contributed by atoms with Crippen LogP contribution in [0.15, 0.2) is 17.2 Å². The van der Waals surface area contributed by atoms with Gasteiger partial charge >= 0.3 is 0 Å². The van der Waals surface area contributed by atoms with E-state index in [1.807, 2.05) is 0 Å². The Balaban J connectivity index is 1.26. The summed E-state index contributed by atoms with van der Waals surface area (Å²) in [5.74, 6) is 3.04. The summed E-state index contributed by atoms with van der Waals surface area (Å²) in [6.45, 7) is 0.0366. The summed E-state index contributed by atoms with van der Waals surface area (Å²) in [4.78, 5) is 23.3. The molecule has 1 N–H and O–H groups in total. The van der Waals surface area contributed by atoms with Gasteiger partial charge in [-0.3, -0.25) is 14.9 Å². The summed E-state index contributed by atoms with van der Waals surface area (Å²) >= 11 is 0. The number of carbonyl (C=O) groups is 1. The van der Waals surface area contributed by atoms with Gasteiger partial charge in [-0.25, -0.2) is 5.43 Å². The van der Waals surface area contributed by atoms with E-state index < -0.39 is 4.92 Å². The monoisotopic (exact) mass is 385 g/mol. The van der Waals surface area contributed by atoms with Crippen LogP contribution in [0.3, 0.4) is 0 Å². The highest BCUT2D eigenvalue weighted by molar-refractivity contribution is 5.88. The Hall–Kier alpha value is -2.64. The number of hydrogen-bond donors (Lipinski definition) is 1. The van der Waals surface area contributed by atoms with Gasteiger partial charge in [0.15, 0.2) is 11.5 Å². The molecule has 1 aromatic rings. The zero-order valence-electron chi connectivity index (χ0n) is 15.6. The average Bonchev–Trinajstić information content (AvgIpc) is 3.06. The smallest absolute Gasteiger partial charge is 0.282 e. The molecule has 148 valence electrons. The molecule has 6 rings (SSSR count). The summed E-state index contributed by atoms with van der Waals surface area (Å²) in [5, 5.41) is 15.3. The van der Waals surface area contributed by atoms with E-state index in [4.69, 9.17) is 9.47 Å². The van der Waals surface area contributed by atoms with Crippen molar-refractivity contribution in [2.75, 3.05) is 6.79 Å². The standard InChI is InChI=1S/C20H23N3O5/c24-19(9-20-6-12-1-13(7-20)3-14(2-12)8-20)22-21-10-15-4-17-18(28-11-27-17)5-16(15)23(25)26/h4-5,10,12-14H,1-3,6-9,11H2,(H,22,24)/b21-10+. The molecule has 0 spiro atoms. The minimum absolute atomic E-state index is 0.0366. The molecular weight excluding hydrogens is 362 g/mol. The van der Waals surface area contributed by atoms with Crippen molar-refractivity contribution < 1.29 is 19.2 Å². The Labute approximate surface area is 162 Å². The molecule has 5 aliphatic rings. The first-order valence-corrected chi connectivity index (χ1v) is 9.90. The third-order valence-electron chi connectivity index (χ3n) is 6.81. The summed E-state index contributed by atoms with van der Waals surface area (Å²) < 4.78 is 10.4. The van der Waals surface area contributed by atoms with Crippen LogP contribution in [0.4, 0.5) is 5.69 Å². The number of fused-ring (bicyclic) bond motifs is 1. The summed E-state index contributed by atoms with van der Waals surface area (Å²) in [6, 6.07) is 2.83. The minimum Gasteiger partial charge on any atom is -0.454 e. The lowest BCUT2D eigenvalue weighted by molar-refractivity contribution is -0.385. The van der Waals surface area contributed by atoms with E-state index in [1.54, 1.807) is 0 Å². The van der Waals surface area contributed by atoms with Crippen LogP contribution in [0, 0.1) is 33.3 Å². The molecule has 1 heterocycles. The second-order valence-electron chi connectivity index (χ2n) is 8.91. The zero-order chi connectivity index (χ0) is 19.3. The van der Waals surface area contributed by atoms with Gasteiger partial charge in [0.25, 0.3) is 5.69 Å². The van der Waals surface area contributed by atoms with Crippen molar-refractivity contribution in [3.8, 4) is 11.5 Å². The average molecular weight is 385 g/mol. The van der Waals surface area contributed by atoms with Crippen LogP contribution in [0.2, 0.25) is 0 Å². The quantitative estimate of drug-likeness (QED) is 0.475. The number of hydrazone groups is 1. The molecular formula is C20H23N3O5. The van der Waals surface area contributed by atoms with E-state index in [9.17, 15) is 14.9 Å². The molecule has 0 saturated heterocycles. The molecule has 4 bridgehead atoms. The topological polar surface area (TPSA) is 103 Å². The number of nitro benzene ring substituents is 1. The predicted octanol–water partition coefficient (Wildman–Crippen LogP) is 3.38. The van der Waals surface area contributed by atoms with Gasteiger partial charge in [0.05, 0.1) is 22.8 Å². The van der Waals surface area contributed by atoms with E-state index in [-0.39, 0.29) is 29.4 Å². The van der Waals surface area contributed by atoms with E-state index >= 15 is 0 Å². The van der Waals surface area contributed by atoms with Gasteiger partial charge in [-0.15, -0.1) is 0 Å². The molecule has 0 aromatic heterocycles. The number of hydrogen-bond acceptors (Lipinski definition) is 6. The number of carbonyl (C=O) groups excluding carboxylic acids is 1. The van der Waals surface area contributed by atoms with Gasteiger partial charge in [-0.2, -0.15) is 5.10 Å². The fraction of sp³-hybridized carbons (Fsp3) is 0.600. The first kappa shape index (κ1) is 17.5. The van der Waals surface area contributed by atoms with Crippen LogP contribution in [-0.2, 0) is 4.79 Å². The van der Waals surface area contributed by atoms with Gasteiger partial charge in [-0.1, -0.05) is 0 Å². The highest BCUT2D eigenvalue weighted by atomic mass is 16.7. The Kier molecular flexibility index (Phi) is 4.03. The van der Waals surface area contributed by atoms with Gasteiger partial charge in [0.1, 0.15) is 0 Å². The molecule has 4 saturated carbocycles. The second-order valence-corrected chi connectivity index (χ2v) is 8.91. The SMILES string of the molecule is O=C(CC12CC3CC(CC(C3)C1)C2)N/N=C/c1cc2c(cc1[N+](=O)[O-])OCO2. The van der Waals surface area contributed by atoms with Crippen LogP contribution in [-0.4, -0.2) is 23.8 Å². The lowest BCUT2D eigenvalue weighted by Crippen LogP contribution is -2.47. The van der Waals surface area contributed by atoms with Crippen molar-refractivity contribution >= 4 is 17.8 Å². The third kappa shape index (κ3) is 3.10. The fourth-order valence-corrected chi connectivity index (χ4v) is 6.27. The van der Waals surface area contributed by atoms with Crippen molar-refractivity contribution in [3.05, 3.63) is 27.8 Å². The molecule has 8 nitrogen and oxygen atoms in total. The maximum absolute atomic E-state index is 12.5. The molecule has 4 aliphatic carbocycles. The van der Waals surface area contributed by atoms with Crippen molar-refractivity contribution in [2.24, 2.45) is 28.3 Å². The molecule has 0 radical (unpaired) electrons. The van der Waals surface area contributed by atoms with Crippen molar-refractivity contribution in [1.29, 1.82) is 0 Å². The van der Waals surface area contributed by atoms with E-state index in [1.165, 1.54) is 37.6 Å². The summed E-state index contributed by atoms with van der Waals surface area (Å²) in [7, 11) is 0. The van der Waals surface area contributed by atoms with Crippen molar-refractivity contribution in [2.45, 2.75) is 44.9 Å². The second kappa shape index (κ2) is 6.46. The molecule has 28 heavy (non-hydrogen) atoms. The van der Waals surface area contributed by atoms with Crippen LogP contribution in [0.1, 0.15) is 50.5 Å². The van der Waals surface area contributed by atoms with Gasteiger partial charge in [0.2, 0.25) is 12.7 Å². The number of nitrogens with one attached hydrogen (secondary N) is 1. The van der Waals surface area contributed by atoms with Gasteiger partial charge in [0, 0.05) is 6.42 Å². The molecule has 1 aliphatic heterocycles. The van der Waals surface area contributed by atoms with E-state index in [2.05, 4.69) is 10.5 Å². The number of nitrogens with zero attached hydrogens (tertiary/aromatic N) is 2. The third-order valence-corrected chi connectivity index (χ3v) is 6.81.